The topological polar surface area (TPSA) is 17.1 Å². The largest absolute Gasteiger partial charge is 0.300 e. The van der Waals surface area contributed by atoms with E-state index < -0.39 is 0 Å². The number of hydrogen-bond donors (Lipinski definition) is 0. The lowest BCUT2D eigenvalue weighted by Gasteiger charge is -1.97. The molecule has 0 aromatic heterocycles. The lowest BCUT2D eigenvalue weighted by Crippen LogP contribution is -1.88. The van der Waals surface area contributed by atoms with Crippen molar-refractivity contribution in [2.45, 2.75) is 32.6 Å². The zero-order chi connectivity index (χ0) is 5.98. The zero-order valence-corrected chi connectivity index (χ0v) is 5.24. The van der Waals surface area contributed by atoms with Crippen molar-refractivity contribution in [3.8, 4) is 0 Å². The first-order valence-electron chi connectivity index (χ1n) is 3.18. The molecule has 0 bridgehead atoms. The van der Waals surface area contributed by atoms with Gasteiger partial charge in [0.2, 0.25) is 0 Å². The molecule has 0 amide bonds. The first kappa shape index (κ1) is 5.80. The summed E-state index contributed by atoms with van der Waals surface area (Å²) in [5.41, 5.74) is 0. The van der Waals surface area contributed by atoms with Crippen LogP contribution >= 0.6 is 0 Å². The summed E-state index contributed by atoms with van der Waals surface area (Å²) in [7, 11) is 0. The van der Waals surface area contributed by atoms with Crippen LogP contribution in [0, 0.1) is 5.92 Å². The van der Waals surface area contributed by atoms with Crippen LogP contribution < -0.4 is 0 Å². The number of hydrogen-bond acceptors (Lipinski definition) is 1. The average molecular weight is 111 g/mol. The van der Waals surface area contributed by atoms with Crippen LogP contribution in [0.2, 0.25) is 0 Å². The second kappa shape index (κ2) is 2.29. The minimum atomic E-state index is 0.432. The number of Topliss-reactive ketones (excluding diaryl/α,β-unsaturated/α-hetero) is 1. The van der Waals surface area contributed by atoms with Crippen molar-refractivity contribution in [3.63, 3.8) is 0 Å². The normalized spacial score (nSPS) is 22.4. The van der Waals surface area contributed by atoms with E-state index in [1.54, 1.807) is 0 Å². The molecule has 0 atom stereocenters. The van der Waals surface area contributed by atoms with Crippen molar-refractivity contribution in [3.05, 3.63) is 5.92 Å². The fourth-order valence-corrected chi connectivity index (χ4v) is 1.07. The summed E-state index contributed by atoms with van der Waals surface area (Å²) < 4.78 is 0. The SMILES string of the molecule is CC[C]1CCC(=O)C1. The standard InChI is InChI=1S/C7H11O/c1-2-6-3-4-7(8)5-6/h2-5H2,1H3. The third kappa shape index (κ3) is 1.09. The van der Waals surface area contributed by atoms with E-state index >= 15 is 0 Å². The van der Waals surface area contributed by atoms with Gasteiger partial charge >= 0.3 is 0 Å². The van der Waals surface area contributed by atoms with E-state index in [9.17, 15) is 4.79 Å². The molecule has 0 spiro atoms. The summed E-state index contributed by atoms with van der Waals surface area (Å²) in [6.07, 6.45) is 3.75. The van der Waals surface area contributed by atoms with Crippen LogP contribution in [0.1, 0.15) is 32.6 Å². The van der Waals surface area contributed by atoms with Crippen molar-refractivity contribution < 1.29 is 4.79 Å². The van der Waals surface area contributed by atoms with Gasteiger partial charge in [0.1, 0.15) is 5.78 Å². The Labute approximate surface area is 50.1 Å². The van der Waals surface area contributed by atoms with Gasteiger partial charge in [0, 0.05) is 12.8 Å². The van der Waals surface area contributed by atoms with Gasteiger partial charge in [-0.2, -0.15) is 0 Å². The highest BCUT2D eigenvalue weighted by Gasteiger charge is 2.19. The maximum absolute atomic E-state index is 10.6. The molecule has 0 aromatic carbocycles. The Balaban J connectivity index is 2.32. The highest BCUT2D eigenvalue weighted by molar-refractivity contribution is 5.83. The van der Waals surface area contributed by atoms with Crippen LogP contribution in [0.25, 0.3) is 0 Å². The van der Waals surface area contributed by atoms with E-state index in [-0.39, 0.29) is 0 Å². The molecule has 1 aliphatic carbocycles. The Morgan fingerprint density at radius 2 is 2.25 bits per heavy atom. The molecule has 1 fully saturated rings. The van der Waals surface area contributed by atoms with Crippen LogP contribution in [-0.4, -0.2) is 5.78 Å². The molecule has 8 heavy (non-hydrogen) atoms. The van der Waals surface area contributed by atoms with E-state index in [0.717, 1.165) is 25.7 Å². The van der Waals surface area contributed by atoms with Gasteiger partial charge < -0.3 is 0 Å². The third-order valence-electron chi connectivity index (χ3n) is 1.70. The van der Waals surface area contributed by atoms with Gasteiger partial charge in [-0.15, -0.1) is 0 Å². The van der Waals surface area contributed by atoms with Crippen LogP contribution in [-0.2, 0) is 4.79 Å². The molecule has 0 aromatic rings. The van der Waals surface area contributed by atoms with Crippen molar-refractivity contribution in [1.29, 1.82) is 0 Å². The van der Waals surface area contributed by atoms with Gasteiger partial charge in [-0.25, -0.2) is 0 Å². The molecule has 45 valence electrons. The molecule has 0 N–H and O–H groups in total. The Bertz CT molecular complexity index is 96.6. The number of carbonyl (C=O) groups is 1. The molecule has 0 unspecified atom stereocenters. The van der Waals surface area contributed by atoms with E-state index in [0.29, 0.717) is 5.78 Å². The zero-order valence-electron chi connectivity index (χ0n) is 5.24. The average Bonchev–Trinajstić information content (AvgIpc) is 2.14. The van der Waals surface area contributed by atoms with Crippen molar-refractivity contribution in [2.75, 3.05) is 0 Å². The van der Waals surface area contributed by atoms with E-state index in [4.69, 9.17) is 0 Å². The number of ketones is 1. The van der Waals surface area contributed by atoms with E-state index in [1.807, 2.05) is 0 Å². The predicted octanol–water partition coefficient (Wildman–Crippen LogP) is 1.72. The monoisotopic (exact) mass is 111 g/mol. The van der Waals surface area contributed by atoms with Crippen LogP contribution in [0.3, 0.4) is 0 Å². The quantitative estimate of drug-likeness (QED) is 0.503. The Morgan fingerprint density at radius 1 is 1.50 bits per heavy atom. The molecule has 1 rings (SSSR count). The fraction of sp³-hybridized carbons (Fsp3) is 0.714. The van der Waals surface area contributed by atoms with Gasteiger partial charge in [0.05, 0.1) is 0 Å². The third-order valence-corrected chi connectivity index (χ3v) is 1.70. The molecular weight excluding hydrogens is 100 g/mol. The maximum Gasteiger partial charge on any atom is 0.133 e. The van der Waals surface area contributed by atoms with E-state index in [2.05, 4.69) is 6.92 Å². The minimum Gasteiger partial charge on any atom is -0.300 e. The van der Waals surface area contributed by atoms with Crippen LogP contribution in [0.15, 0.2) is 0 Å². The van der Waals surface area contributed by atoms with Gasteiger partial charge in [-0.1, -0.05) is 6.92 Å². The second-order valence-electron chi connectivity index (χ2n) is 2.32. The molecule has 0 heterocycles. The highest BCUT2D eigenvalue weighted by Crippen LogP contribution is 2.26. The van der Waals surface area contributed by atoms with Crippen molar-refractivity contribution in [2.24, 2.45) is 0 Å². The summed E-state index contributed by atoms with van der Waals surface area (Å²) >= 11 is 0. The summed E-state index contributed by atoms with van der Waals surface area (Å²) in [4.78, 5) is 10.6. The smallest absolute Gasteiger partial charge is 0.133 e. The molecule has 1 nitrogen and oxygen atoms in total. The second-order valence-corrected chi connectivity index (χ2v) is 2.32. The Hall–Kier alpha value is -0.330. The summed E-state index contributed by atoms with van der Waals surface area (Å²) in [5, 5.41) is 0. The van der Waals surface area contributed by atoms with Crippen LogP contribution in [0.5, 0.6) is 0 Å². The summed E-state index contributed by atoms with van der Waals surface area (Å²) in [6, 6.07) is 0. The Kier molecular flexibility index (Phi) is 1.66. The number of carbonyl (C=O) groups excluding carboxylic acids is 1. The van der Waals surface area contributed by atoms with Gasteiger partial charge in [-0.05, 0) is 18.8 Å². The molecule has 1 saturated carbocycles. The van der Waals surface area contributed by atoms with Crippen LogP contribution in [0.4, 0.5) is 0 Å². The van der Waals surface area contributed by atoms with Gasteiger partial charge in [0.25, 0.3) is 0 Å². The fourth-order valence-electron chi connectivity index (χ4n) is 1.07. The lowest BCUT2D eigenvalue weighted by molar-refractivity contribution is -0.117. The number of rotatable bonds is 1. The van der Waals surface area contributed by atoms with Crippen molar-refractivity contribution in [1.82, 2.24) is 0 Å². The summed E-state index contributed by atoms with van der Waals surface area (Å²) in [6.45, 7) is 2.12. The molecule has 0 aliphatic heterocycles. The highest BCUT2D eigenvalue weighted by atomic mass is 16.1. The first-order valence-corrected chi connectivity index (χ1v) is 3.18. The van der Waals surface area contributed by atoms with E-state index in [1.165, 1.54) is 5.92 Å². The first-order chi connectivity index (χ1) is 3.83. The van der Waals surface area contributed by atoms with Gasteiger partial charge in [-0.3, -0.25) is 4.79 Å². The molecule has 1 aliphatic rings. The Morgan fingerprint density at radius 3 is 2.50 bits per heavy atom. The molecular formula is C7H11O. The van der Waals surface area contributed by atoms with Gasteiger partial charge in [0.15, 0.2) is 0 Å². The predicted molar refractivity (Wildman–Crippen MR) is 32.4 cm³/mol. The minimum absolute atomic E-state index is 0.432. The summed E-state index contributed by atoms with van der Waals surface area (Å²) in [5.74, 6) is 1.87. The molecule has 1 radical (unpaired) electrons. The van der Waals surface area contributed by atoms with Crippen molar-refractivity contribution >= 4 is 5.78 Å². The molecule has 1 heteroatoms. The molecule has 0 saturated heterocycles. The maximum atomic E-state index is 10.6. The lowest BCUT2D eigenvalue weighted by atomic mass is 10.1.